The minimum Gasteiger partial charge on any atom is -0.444 e. The first kappa shape index (κ1) is 21.9. The Morgan fingerprint density at radius 2 is 1.65 bits per heavy atom. The molecule has 1 N–H and O–H groups in total. The average Bonchev–Trinajstić information content (AvgIpc) is 2.91. The lowest BCUT2D eigenvalue weighted by Crippen LogP contribution is -2.48. The summed E-state index contributed by atoms with van der Waals surface area (Å²) in [6.07, 6.45) is -1.06. The quantitative estimate of drug-likeness (QED) is 0.735. The van der Waals surface area contributed by atoms with E-state index in [0.717, 1.165) is 0 Å². The summed E-state index contributed by atoms with van der Waals surface area (Å²) >= 11 is 0. The van der Waals surface area contributed by atoms with E-state index in [2.05, 4.69) is 5.32 Å². The van der Waals surface area contributed by atoms with Crippen molar-refractivity contribution in [1.29, 1.82) is 0 Å². The average molecular weight is 428 g/mol. The molecule has 0 spiro atoms. The molecule has 8 nitrogen and oxygen atoms in total. The molecule has 1 heterocycles. The number of amides is 3. The molecule has 9 heteroatoms. The maximum absolute atomic E-state index is 13.6. The summed E-state index contributed by atoms with van der Waals surface area (Å²) in [5.41, 5.74) is -0.246. The van der Waals surface area contributed by atoms with E-state index < -0.39 is 41.3 Å². The van der Waals surface area contributed by atoms with Crippen LogP contribution in [-0.4, -0.2) is 40.6 Å². The van der Waals surface area contributed by atoms with E-state index in [1.54, 1.807) is 39.0 Å². The van der Waals surface area contributed by atoms with E-state index in [4.69, 9.17) is 9.57 Å². The van der Waals surface area contributed by atoms with Gasteiger partial charge in [-0.1, -0.05) is 29.3 Å². The van der Waals surface area contributed by atoms with Gasteiger partial charge in [-0.3, -0.25) is 9.59 Å². The number of nitrogens with one attached hydrogen (secondary N) is 1. The molecule has 0 saturated carbocycles. The molecule has 1 aliphatic heterocycles. The monoisotopic (exact) mass is 428 g/mol. The fourth-order valence-corrected chi connectivity index (χ4v) is 2.95. The topological polar surface area (TPSA) is 102 Å². The van der Waals surface area contributed by atoms with Gasteiger partial charge in [-0.25, -0.2) is 14.0 Å². The van der Waals surface area contributed by atoms with Crippen molar-refractivity contribution in [3.05, 3.63) is 71.0 Å². The second-order valence-corrected chi connectivity index (χ2v) is 7.89. The molecule has 1 atom stereocenters. The molecule has 2 aromatic carbocycles. The number of carbonyl (C=O) groups excluding carboxylic acids is 4. The van der Waals surface area contributed by atoms with Gasteiger partial charge in [0.15, 0.2) is 0 Å². The molecule has 3 amide bonds. The number of hydroxylamine groups is 2. The van der Waals surface area contributed by atoms with Crippen LogP contribution in [0.1, 0.15) is 47.1 Å². The zero-order valence-electron chi connectivity index (χ0n) is 17.2. The first-order chi connectivity index (χ1) is 14.5. The molecule has 1 unspecified atom stereocenters. The standard InChI is InChI=1S/C22H21FN2O6/c1-22(2,3)30-21(29)24-17(12-13-7-6-8-14(23)11-13)20(28)31-25-18(26)15-9-4-5-10-16(15)19(25)27/h4-11,17H,12H2,1-3H3,(H,24,29). The van der Waals surface area contributed by atoms with Gasteiger partial charge in [0.1, 0.15) is 17.5 Å². The van der Waals surface area contributed by atoms with Crippen molar-refractivity contribution in [2.24, 2.45) is 0 Å². The number of ether oxygens (including phenoxy) is 1. The van der Waals surface area contributed by atoms with Gasteiger partial charge in [0.05, 0.1) is 11.1 Å². The highest BCUT2D eigenvalue weighted by Crippen LogP contribution is 2.23. The van der Waals surface area contributed by atoms with E-state index in [1.807, 2.05) is 0 Å². The smallest absolute Gasteiger partial charge is 0.408 e. The molecule has 0 aliphatic carbocycles. The second-order valence-electron chi connectivity index (χ2n) is 7.89. The van der Waals surface area contributed by atoms with Gasteiger partial charge in [0, 0.05) is 6.42 Å². The summed E-state index contributed by atoms with van der Waals surface area (Å²) in [5, 5.41) is 2.71. The Morgan fingerprint density at radius 3 is 2.19 bits per heavy atom. The van der Waals surface area contributed by atoms with Crippen LogP contribution in [0.3, 0.4) is 0 Å². The summed E-state index contributed by atoms with van der Waals surface area (Å²) in [6, 6.07) is 10.1. The fourth-order valence-electron chi connectivity index (χ4n) is 2.95. The molecular weight excluding hydrogens is 407 g/mol. The largest absolute Gasteiger partial charge is 0.444 e. The first-order valence-corrected chi connectivity index (χ1v) is 9.49. The van der Waals surface area contributed by atoms with Gasteiger partial charge in [-0.2, -0.15) is 0 Å². The van der Waals surface area contributed by atoms with Crippen molar-refractivity contribution in [3.8, 4) is 0 Å². The Balaban J connectivity index is 1.79. The van der Waals surface area contributed by atoms with Gasteiger partial charge in [-0.05, 0) is 50.6 Å². The third-order valence-corrected chi connectivity index (χ3v) is 4.24. The minimum atomic E-state index is -1.35. The highest BCUT2D eigenvalue weighted by Gasteiger charge is 2.40. The van der Waals surface area contributed by atoms with Crippen molar-refractivity contribution >= 4 is 23.9 Å². The predicted octanol–water partition coefficient (Wildman–Crippen LogP) is 3.02. The number of rotatable bonds is 5. The second kappa shape index (κ2) is 8.55. The summed E-state index contributed by atoms with van der Waals surface area (Å²) < 4.78 is 18.7. The lowest BCUT2D eigenvalue weighted by Gasteiger charge is -2.23. The van der Waals surface area contributed by atoms with E-state index in [0.29, 0.717) is 10.6 Å². The molecule has 0 bridgehead atoms. The number of carbonyl (C=O) groups is 4. The van der Waals surface area contributed by atoms with Crippen LogP contribution in [0, 0.1) is 5.82 Å². The van der Waals surface area contributed by atoms with Crippen LogP contribution in [0.15, 0.2) is 48.5 Å². The Hall–Kier alpha value is -3.75. The SMILES string of the molecule is CC(C)(C)OC(=O)NC(Cc1cccc(F)c1)C(=O)ON1C(=O)c2ccccc2C1=O. The molecule has 3 rings (SSSR count). The molecule has 0 radical (unpaired) electrons. The number of imide groups is 1. The molecule has 1 aliphatic rings. The van der Waals surface area contributed by atoms with Crippen LogP contribution < -0.4 is 5.32 Å². The Labute approximate surface area is 177 Å². The molecule has 0 fully saturated rings. The minimum absolute atomic E-state index is 0.0991. The van der Waals surface area contributed by atoms with Crippen LogP contribution in [0.2, 0.25) is 0 Å². The van der Waals surface area contributed by atoms with Gasteiger partial charge in [-0.15, -0.1) is 0 Å². The summed E-state index contributed by atoms with van der Waals surface area (Å²) in [7, 11) is 0. The van der Waals surface area contributed by atoms with Crippen LogP contribution in [0.25, 0.3) is 0 Å². The maximum Gasteiger partial charge on any atom is 0.408 e. The number of hydrogen-bond donors (Lipinski definition) is 1. The van der Waals surface area contributed by atoms with E-state index in [9.17, 15) is 23.6 Å². The van der Waals surface area contributed by atoms with Gasteiger partial charge in [0.25, 0.3) is 11.8 Å². The molecule has 0 saturated heterocycles. The number of nitrogens with zero attached hydrogens (tertiary/aromatic N) is 1. The van der Waals surface area contributed by atoms with Crippen molar-refractivity contribution in [1.82, 2.24) is 10.4 Å². The summed E-state index contributed by atoms with van der Waals surface area (Å²) in [5.74, 6) is -3.20. The Bertz CT molecular complexity index is 1010. The number of alkyl carbamates (subject to hydrolysis) is 1. The van der Waals surface area contributed by atoms with Gasteiger partial charge in [0.2, 0.25) is 0 Å². The third kappa shape index (κ3) is 5.25. The fraction of sp³-hybridized carbons (Fsp3) is 0.273. The maximum atomic E-state index is 13.6. The number of fused-ring (bicyclic) bond motifs is 1. The predicted molar refractivity (Wildman–Crippen MR) is 106 cm³/mol. The highest BCUT2D eigenvalue weighted by atomic mass is 19.1. The number of benzene rings is 2. The summed E-state index contributed by atoms with van der Waals surface area (Å²) in [6.45, 7) is 4.93. The lowest BCUT2D eigenvalue weighted by atomic mass is 10.1. The molecule has 162 valence electrons. The van der Waals surface area contributed by atoms with E-state index in [-0.39, 0.29) is 17.5 Å². The van der Waals surface area contributed by atoms with Crippen LogP contribution >= 0.6 is 0 Å². The highest BCUT2D eigenvalue weighted by molar-refractivity contribution is 6.20. The van der Waals surface area contributed by atoms with Crippen molar-refractivity contribution in [3.63, 3.8) is 0 Å². The van der Waals surface area contributed by atoms with Crippen molar-refractivity contribution in [2.75, 3.05) is 0 Å². The van der Waals surface area contributed by atoms with E-state index >= 15 is 0 Å². The Kier molecular flexibility index (Phi) is 6.05. The number of halogens is 1. The van der Waals surface area contributed by atoms with Gasteiger partial charge < -0.3 is 14.9 Å². The molecule has 0 aromatic heterocycles. The zero-order valence-corrected chi connectivity index (χ0v) is 17.2. The first-order valence-electron chi connectivity index (χ1n) is 9.49. The third-order valence-electron chi connectivity index (χ3n) is 4.24. The zero-order chi connectivity index (χ0) is 22.8. The molecule has 31 heavy (non-hydrogen) atoms. The van der Waals surface area contributed by atoms with Crippen molar-refractivity contribution < 1.29 is 33.1 Å². The van der Waals surface area contributed by atoms with Crippen LogP contribution in [-0.2, 0) is 20.8 Å². The molecule has 2 aromatic rings. The van der Waals surface area contributed by atoms with E-state index in [1.165, 1.54) is 30.3 Å². The summed E-state index contributed by atoms with van der Waals surface area (Å²) in [4.78, 5) is 54.9. The number of hydrogen-bond acceptors (Lipinski definition) is 6. The Morgan fingerprint density at radius 1 is 1.03 bits per heavy atom. The van der Waals surface area contributed by atoms with Crippen molar-refractivity contribution in [2.45, 2.75) is 38.8 Å². The van der Waals surface area contributed by atoms with Crippen LogP contribution in [0.4, 0.5) is 9.18 Å². The normalized spacial score (nSPS) is 14.1. The lowest BCUT2D eigenvalue weighted by molar-refractivity contribution is -0.171. The van der Waals surface area contributed by atoms with Gasteiger partial charge >= 0.3 is 12.1 Å². The van der Waals surface area contributed by atoms with Crippen LogP contribution in [0.5, 0.6) is 0 Å². The molecular formula is C22H21FN2O6.